The second-order valence-electron chi connectivity index (χ2n) is 7.54. The van der Waals surface area contributed by atoms with Crippen molar-refractivity contribution in [3.05, 3.63) is 59.9 Å². The van der Waals surface area contributed by atoms with Crippen LogP contribution in [-0.2, 0) is 11.2 Å². The van der Waals surface area contributed by atoms with Gasteiger partial charge in [0, 0.05) is 57.1 Å². The van der Waals surface area contributed by atoms with Crippen molar-refractivity contribution in [1.29, 1.82) is 0 Å². The smallest absolute Gasteiger partial charge is 0.246 e. The normalized spacial score (nSPS) is 17.0. The number of piperidine rings is 1. The minimum Gasteiger partial charge on any atom is -0.454 e. The van der Waals surface area contributed by atoms with Gasteiger partial charge in [0.2, 0.25) is 12.7 Å². The Hall–Kier alpha value is -2.86. The SMILES string of the molecule is CN(C(=O)C=Cc1ccc2c(c1)OCO2)C1CCN(CCc2ccccn2)CC1. The van der Waals surface area contributed by atoms with E-state index in [1.807, 2.05) is 54.6 Å². The largest absolute Gasteiger partial charge is 0.454 e. The fraction of sp³-hybridized carbons (Fsp3) is 0.391. The van der Waals surface area contributed by atoms with Crippen LogP contribution in [0.15, 0.2) is 48.7 Å². The van der Waals surface area contributed by atoms with E-state index in [0.29, 0.717) is 0 Å². The van der Waals surface area contributed by atoms with Gasteiger partial charge in [-0.05, 0) is 48.7 Å². The molecule has 0 spiro atoms. The molecule has 6 heteroatoms. The van der Waals surface area contributed by atoms with Gasteiger partial charge in [0.15, 0.2) is 11.5 Å². The van der Waals surface area contributed by atoms with Crippen molar-refractivity contribution >= 4 is 12.0 Å². The molecular formula is C23H27N3O3. The van der Waals surface area contributed by atoms with Gasteiger partial charge >= 0.3 is 0 Å². The van der Waals surface area contributed by atoms with Crippen LogP contribution in [0.1, 0.15) is 24.1 Å². The maximum Gasteiger partial charge on any atom is 0.246 e. The Morgan fingerprint density at radius 1 is 1.21 bits per heavy atom. The van der Waals surface area contributed by atoms with Crippen LogP contribution in [0, 0.1) is 0 Å². The van der Waals surface area contributed by atoms with E-state index in [-0.39, 0.29) is 18.7 Å². The van der Waals surface area contributed by atoms with Crippen LogP contribution in [0.5, 0.6) is 11.5 Å². The van der Waals surface area contributed by atoms with Crippen LogP contribution in [0.4, 0.5) is 0 Å². The maximum absolute atomic E-state index is 12.6. The van der Waals surface area contributed by atoms with Gasteiger partial charge in [0.25, 0.3) is 0 Å². The number of benzene rings is 1. The number of rotatable bonds is 6. The van der Waals surface area contributed by atoms with Crippen molar-refractivity contribution in [3.8, 4) is 11.5 Å². The van der Waals surface area contributed by atoms with Gasteiger partial charge in [-0.3, -0.25) is 9.78 Å². The molecule has 4 rings (SSSR count). The number of fused-ring (bicyclic) bond motifs is 1. The molecule has 0 atom stereocenters. The minimum atomic E-state index is 0.0367. The molecule has 0 N–H and O–H groups in total. The quantitative estimate of drug-likeness (QED) is 0.707. The molecule has 1 amide bonds. The van der Waals surface area contributed by atoms with Crippen LogP contribution >= 0.6 is 0 Å². The summed E-state index contributed by atoms with van der Waals surface area (Å²) < 4.78 is 10.7. The highest BCUT2D eigenvalue weighted by atomic mass is 16.7. The van der Waals surface area contributed by atoms with Gasteiger partial charge in [0.1, 0.15) is 0 Å². The Bertz CT molecular complexity index is 861. The van der Waals surface area contributed by atoms with Crippen LogP contribution in [0.25, 0.3) is 6.08 Å². The topological polar surface area (TPSA) is 54.9 Å². The third kappa shape index (κ3) is 4.95. The molecule has 1 saturated heterocycles. The van der Waals surface area contributed by atoms with E-state index in [9.17, 15) is 4.79 Å². The first-order chi connectivity index (χ1) is 14.2. The zero-order valence-electron chi connectivity index (χ0n) is 16.8. The molecule has 1 fully saturated rings. The highest BCUT2D eigenvalue weighted by Crippen LogP contribution is 2.32. The molecule has 0 bridgehead atoms. The molecule has 0 aliphatic carbocycles. The molecule has 0 radical (unpaired) electrons. The number of likely N-dealkylation sites (tertiary alicyclic amines) is 1. The molecule has 152 valence electrons. The molecule has 0 saturated carbocycles. The summed E-state index contributed by atoms with van der Waals surface area (Å²) in [7, 11) is 1.90. The lowest BCUT2D eigenvalue weighted by Crippen LogP contribution is -2.45. The van der Waals surface area contributed by atoms with E-state index >= 15 is 0 Å². The molecule has 2 aliphatic rings. The number of carbonyl (C=O) groups excluding carboxylic acids is 1. The van der Waals surface area contributed by atoms with E-state index in [2.05, 4.69) is 16.0 Å². The Morgan fingerprint density at radius 2 is 2.03 bits per heavy atom. The number of hydrogen-bond donors (Lipinski definition) is 0. The number of amides is 1. The highest BCUT2D eigenvalue weighted by Gasteiger charge is 2.24. The third-order valence-electron chi connectivity index (χ3n) is 5.68. The zero-order chi connectivity index (χ0) is 20.1. The summed E-state index contributed by atoms with van der Waals surface area (Å²) in [6.07, 6.45) is 8.30. The summed E-state index contributed by atoms with van der Waals surface area (Å²) in [5.41, 5.74) is 2.07. The third-order valence-corrected chi connectivity index (χ3v) is 5.68. The maximum atomic E-state index is 12.6. The molecular weight excluding hydrogens is 366 g/mol. The molecule has 3 heterocycles. The Labute approximate surface area is 171 Å². The summed E-state index contributed by atoms with van der Waals surface area (Å²) in [6.45, 7) is 3.30. The van der Waals surface area contributed by atoms with Crippen molar-refractivity contribution < 1.29 is 14.3 Å². The van der Waals surface area contributed by atoms with E-state index < -0.39 is 0 Å². The van der Waals surface area contributed by atoms with Gasteiger partial charge in [-0.1, -0.05) is 12.1 Å². The van der Waals surface area contributed by atoms with E-state index in [1.165, 1.54) is 0 Å². The molecule has 6 nitrogen and oxygen atoms in total. The number of ether oxygens (including phenoxy) is 2. The summed E-state index contributed by atoms with van der Waals surface area (Å²) in [5.74, 6) is 1.51. The Balaban J connectivity index is 1.24. The monoisotopic (exact) mass is 393 g/mol. The van der Waals surface area contributed by atoms with Gasteiger partial charge in [-0.15, -0.1) is 0 Å². The van der Waals surface area contributed by atoms with E-state index in [1.54, 1.807) is 6.08 Å². The standard InChI is InChI=1S/C23H27N3O3/c1-25(23(27)8-6-18-5-7-21-22(16-18)29-17-28-21)20-10-14-26(15-11-20)13-9-19-4-2-3-12-24-19/h2-8,12,16,20H,9-11,13-15,17H2,1H3. The molecule has 2 aliphatic heterocycles. The Morgan fingerprint density at radius 3 is 2.83 bits per heavy atom. The van der Waals surface area contributed by atoms with Crippen LogP contribution in [0.2, 0.25) is 0 Å². The number of likely N-dealkylation sites (N-methyl/N-ethyl adjacent to an activating group) is 1. The lowest BCUT2D eigenvalue weighted by molar-refractivity contribution is -0.127. The zero-order valence-corrected chi connectivity index (χ0v) is 16.8. The first kappa shape index (κ1) is 19.5. The minimum absolute atomic E-state index is 0.0367. The molecule has 0 unspecified atom stereocenters. The molecule has 1 aromatic carbocycles. The fourth-order valence-corrected chi connectivity index (χ4v) is 3.83. The number of nitrogens with zero attached hydrogens (tertiary/aromatic N) is 3. The van der Waals surface area contributed by atoms with Crippen molar-refractivity contribution in [3.63, 3.8) is 0 Å². The predicted octanol–water partition coefficient (Wildman–Crippen LogP) is 2.99. The molecule has 2 aromatic rings. The van der Waals surface area contributed by atoms with Gasteiger partial charge < -0.3 is 19.3 Å². The second-order valence-corrected chi connectivity index (χ2v) is 7.54. The lowest BCUT2D eigenvalue weighted by Gasteiger charge is -2.36. The average molecular weight is 393 g/mol. The first-order valence-corrected chi connectivity index (χ1v) is 10.2. The second kappa shape index (κ2) is 9.09. The lowest BCUT2D eigenvalue weighted by atomic mass is 10.0. The van der Waals surface area contributed by atoms with Crippen LogP contribution in [-0.4, -0.2) is 60.2 Å². The number of carbonyl (C=O) groups is 1. The van der Waals surface area contributed by atoms with Gasteiger partial charge in [-0.25, -0.2) is 0 Å². The predicted molar refractivity (Wildman–Crippen MR) is 112 cm³/mol. The van der Waals surface area contributed by atoms with E-state index in [4.69, 9.17) is 9.47 Å². The van der Waals surface area contributed by atoms with Crippen molar-refractivity contribution in [2.45, 2.75) is 25.3 Å². The summed E-state index contributed by atoms with van der Waals surface area (Å²) in [6, 6.07) is 12.0. The van der Waals surface area contributed by atoms with Crippen LogP contribution in [0.3, 0.4) is 0 Å². The van der Waals surface area contributed by atoms with Crippen molar-refractivity contribution in [1.82, 2.24) is 14.8 Å². The summed E-state index contributed by atoms with van der Waals surface area (Å²) in [4.78, 5) is 21.3. The highest BCUT2D eigenvalue weighted by molar-refractivity contribution is 5.91. The molecule has 29 heavy (non-hydrogen) atoms. The summed E-state index contributed by atoms with van der Waals surface area (Å²) >= 11 is 0. The van der Waals surface area contributed by atoms with Gasteiger partial charge in [-0.2, -0.15) is 0 Å². The van der Waals surface area contributed by atoms with E-state index in [0.717, 1.165) is 61.7 Å². The summed E-state index contributed by atoms with van der Waals surface area (Å²) in [5, 5.41) is 0. The van der Waals surface area contributed by atoms with Gasteiger partial charge in [0.05, 0.1) is 0 Å². The molecule has 1 aromatic heterocycles. The van der Waals surface area contributed by atoms with Crippen molar-refractivity contribution in [2.24, 2.45) is 0 Å². The van der Waals surface area contributed by atoms with Crippen LogP contribution < -0.4 is 9.47 Å². The fourth-order valence-electron chi connectivity index (χ4n) is 3.83. The Kier molecular flexibility index (Phi) is 6.10. The first-order valence-electron chi connectivity index (χ1n) is 10.2. The number of aromatic nitrogens is 1. The average Bonchev–Trinajstić information content (AvgIpc) is 3.24. The van der Waals surface area contributed by atoms with Crippen molar-refractivity contribution in [2.75, 3.05) is 33.5 Å². The number of pyridine rings is 1. The number of hydrogen-bond acceptors (Lipinski definition) is 5.